The van der Waals surface area contributed by atoms with Crippen LogP contribution in [-0.4, -0.2) is 58.7 Å². The maximum Gasteiger partial charge on any atom is 0.228 e. The molecule has 1 heterocycles. The predicted molar refractivity (Wildman–Crippen MR) is 71.5 cm³/mol. The highest BCUT2D eigenvalue weighted by atomic mass is 32.3. The zero-order valence-corrected chi connectivity index (χ0v) is 12.6. The van der Waals surface area contributed by atoms with Gasteiger partial charge >= 0.3 is 0 Å². The maximum absolute atomic E-state index is 12.1. The van der Waals surface area contributed by atoms with E-state index in [0.717, 1.165) is 38.5 Å². The molecule has 1 rings (SSSR count). The third kappa shape index (κ3) is 4.83. The lowest BCUT2D eigenvalue weighted by atomic mass is 10.0. The fourth-order valence-corrected chi connectivity index (χ4v) is 6.06. The van der Waals surface area contributed by atoms with E-state index >= 15 is 0 Å². The van der Waals surface area contributed by atoms with Crippen LogP contribution in [0.4, 0.5) is 0 Å². The number of piperidine rings is 1. The van der Waals surface area contributed by atoms with E-state index in [9.17, 15) is 16.8 Å². The van der Waals surface area contributed by atoms with Gasteiger partial charge in [0.1, 0.15) is 0 Å². The lowest BCUT2D eigenvalue weighted by molar-refractivity contribution is 0.241. The number of hydrogen-bond acceptors (Lipinski definition) is 5. The Balaban J connectivity index is 2.82. The third-order valence-electron chi connectivity index (χ3n) is 3.02. The summed E-state index contributed by atoms with van der Waals surface area (Å²) < 4.78 is 48.0. The van der Waals surface area contributed by atoms with Crippen LogP contribution in [0.3, 0.4) is 0 Å². The summed E-state index contributed by atoms with van der Waals surface area (Å²) in [7, 11) is -5.41. The Morgan fingerprint density at radius 2 is 1.89 bits per heavy atom. The SMILES string of the molecule is CNCCC1CCCCN1S(=O)(=O)CS(C)(=O)=O. The number of nitrogens with one attached hydrogen (secondary N) is 1. The van der Waals surface area contributed by atoms with Gasteiger partial charge in [0, 0.05) is 18.8 Å². The van der Waals surface area contributed by atoms with Crippen LogP contribution < -0.4 is 5.32 Å². The zero-order chi connectivity index (χ0) is 13.8. The Hall–Kier alpha value is -0.180. The molecule has 1 aliphatic rings. The van der Waals surface area contributed by atoms with Gasteiger partial charge in [-0.15, -0.1) is 0 Å². The van der Waals surface area contributed by atoms with E-state index in [1.807, 2.05) is 7.05 Å². The fraction of sp³-hybridized carbons (Fsp3) is 1.00. The van der Waals surface area contributed by atoms with E-state index in [2.05, 4.69) is 5.32 Å². The molecule has 0 aromatic heterocycles. The Morgan fingerprint density at radius 3 is 2.44 bits per heavy atom. The molecule has 18 heavy (non-hydrogen) atoms. The standard InChI is InChI=1S/C10H22N2O4S2/c1-11-7-6-10-5-3-4-8-12(10)18(15,16)9-17(2,13)14/h10-11H,3-9H2,1-2H3. The van der Waals surface area contributed by atoms with E-state index in [1.54, 1.807) is 0 Å². The monoisotopic (exact) mass is 298 g/mol. The molecule has 1 N–H and O–H groups in total. The molecule has 1 aliphatic heterocycles. The van der Waals surface area contributed by atoms with Gasteiger partial charge in [-0.3, -0.25) is 0 Å². The van der Waals surface area contributed by atoms with Crippen molar-refractivity contribution < 1.29 is 16.8 Å². The van der Waals surface area contributed by atoms with E-state index in [1.165, 1.54) is 4.31 Å². The topological polar surface area (TPSA) is 83.6 Å². The molecule has 0 saturated carbocycles. The van der Waals surface area contributed by atoms with E-state index in [4.69, 9.17) is 0 Å². The van der Waals surface area contributed by atoms with Gasteiger partial charge in [-0.25, -0.2) is 16.8 Å². The van der Waals surface area contributed by atoms with Gasteiger partial charge in [-0.05, 0) is 32.9 Å². The van der Waals surface area contributed by atoms with Crippen molar-refractivity contribution in [1.82, 2.24) is 9.62 Å². The minimum absolute atomic E-state index is 0.0713. The van der Waals surface area contributed by atoms with Crippen LogP contribution in [0.15, 0.2) is 0 Å². The molecule has 1 saturated heterocycles. The van der Waals surface area contributed by atoms with Gasteiger partial charge in [-0.1, -0.05) is 6.42 Å². The first-order valence-corrected chi connectivity index (χ1v) is 9.75. The lowest BCUT2D eigenvalue weighted by Gasteiger charge is -2.34. The molecule has 0 radical (unpaired) electrons. The maximum atomic E-state index is 12.1. The van der Waals surface area contributed by atoms with Crippen molar-refractivity contribution in [1.29, 1.82) is 0 Å². The quantitative estimate of drug-likeness (QED) is 0.733. The first kappa shape index (κ1) is 15.9. The van der Waals surface area contributed by atoms with Crippen molar-refractivity contribution >= 4 is 19.9 Å². The molecule has 0 aromatic carbocycles. The van der Waals surface area contributed by atoms with E-state index in [0.29, 0.717) is 6.54 Å². The highest BCUT2D eigenvalue weighted by Crippen LogP contribution is 2.23. The highest BCUT2D eigenvalue weighted by Gasteiger charge is 2.33. The summed E-state index contributed by atoms with van der Waals surface area (Å²) >= 11 is 0. The van der Waals surface area contributed by atoms with Crippen LogP contribution in [0.5, 0.6) is 0 Å². The van der Waals surface area contributed by atoms with Crippen molar-refractivity contribution in [2.45, 2.75) is 31.7 Å². The second-order valence-electron chi connectivity index (χ2n) is 4.81. The van der Waals surface area contributed by atoms with Gasteiger partial charge in [0.25, 0.3) is 0 Å². The van der Waals surface area contributed by atoms with E-state index in [-0.39, 0.29) is 6.04 Å². The minimum atomic E-state index is -3.70. The molecule has 0 bridgehead atoms. The van der Waals surface area contributed by atoms with Crippen molar-refractivity contribution in [2.24, 2.45) is 0 Å². The number of hydrogen-bond donors (Lipinski definition) is 1. The summed E-state index contributed by atoms with van der Waals surface area (Å²) in [6, 6.07) is -0.0713. The smallest absolute Gasteiger partial charge is 0.228 e. The summed E-state index contributed by atoms with van der Waals surface area (Å²) in [4.78, 5) is 0. The Labute approximate surface area is 110 Å². The van der Waals surface area contributed by atoms with Crippen molar-refractivity contribution in [3.8, 4) is 0 Å². The average Bonchev–Trinajstić information content (AvgIpc) is 2.23. The normalized spacial score (nSPS) is 23.1. The summed E-state index contributed by atoms with van der Waals surface area (Å²) in [5.74, 6) is 0. The van der Waals surface area contributed by atoms with Gasteiger partial charge in [0.2, 0.25) is 10.0 Å². The highest BCUT2D eigenvalue weighted by molar-refractivity contribution is 8.06. The second-order valence-corrected chi connectivity index (χ2v) is 9.24. The number of nitrogens with zero attached hydrogens (tertiary/aromatic N) is 1. The largest absolute Gasteiger partial charge is 0.320 e. The molecule has 1 fully saturated rings. The van der Waals surface area contributed by atoms with Crippen LogP contribution >= 0.6 is 0 Å². The lowest BCUT2D eigenvalue weighted by Crippen LogP contribution is -2.46. The van der Waals surface area contributed by atoms with Crippen LogP contribution in [0.2, 0.25) is 0 Å². The molecular weight excluding hydrogens is 276 g/mol. The Bertz CT molecular complexity index is 458. The first-order chi connectivity index (χ1) is 8.26. The number of sulfone groups is 1. The second kappa shape index (κ2) is 6.31. The number of sulfonamides is 1. The van der Waals surface area contributed by atoms with Crippen LogP contribution in [-0.2, 0) is 19.9 Å². The molecule has 6 nitrogen and oxygen atoms in total. The molecule has 108 valence electrons. The van der Waals surface area contributed by atoms with Crippen molar-refractivity contribution in [2.75, 3.05) is 31.5 Å². The molecule has 0 amide bonds. The molecule has 8 heteroatoms. The number of rotatable bonds is 6. The molecule has 0 spiro atoms. The summed E-state index contributed by atoms with van der Waals surface area (Å²) in [5, 5.41) is 2.21. The van der Waals surface area contributed by atoms with Crippen LogP contribution in [0, 0.1) is 0 Å². The molecule has 1 atom stereocenters. The van der Waals surface area contributed by atoms with E-state index < -0.39 is 24.9 Å². The third-order valence-corrected chi connectivity index (χ3v) is 7.12. The molecule has 0 aromatic rings. The molecule has 1 unspecified atom stereocenters. The van der Waals surface area contributed by atoms with Gasteiger partial charge in [-0.2, -0.15) is 4.31 Å². The van der Waals surface area contributed by atoms with Gasteiger partial charge in [0.05, 0.1) is 0 Å². The average molecular weight is 298 g/mol. The fourth-order valence-electron chi connectivity index (χ4n) is 2.28. The first-order valence-electron chi connectivity index (χ1n) is 6.08. The van der Waals surface area contributed by atoms with Gasteiger partial charge in [0.15, 0.2) is 14.9 Å². The van der Waals surface area contributed by atoms with Crippen molar-refractivity contribution in [3.05, 3.63) is 0 Å². The van der Waals surface area contributed by atoms with Crippen molar-refractivity contribution in [3.63, 3.8) is 0 Å². The summed E-state index contributed by atoms with van der Waals surface area (Å²) in [6.07, 6.45) is 4.29. The zero-order valence-electron chi connectivity index (χ0n) is 10.9. The Morgan fingerprint density at radius 1 is 1.22 bits per heavy atom. The molecular formula is C10H22N2O4S2. The Kier molecular flexibility index (Phi) is 5.57. The minimum Gasteiger partial charge on any atom is -0.320 e. The summed E-state index contributed by atoms with van der Waals surface area (Å²) in [6.45, 7) is 1.17. The van der Waals surface area contributed by atoms with Crippen LogP contribution in [0.1, 0.15) is 25.7 Å². The summed E-state index contributed by atoms with van der Waals surface area (Å²) in [5.41, 5.74) is 0. The van der Waals surface area contributed by atoms with Crippen LogP contribution in [0.25, 0.3) is 0 Å². The predicted octanol–water partition coefficient (Wildman–Crippen LogP) is -0.218. The molecule has 0 aliphatic carbocycles. The van der Waals surface area contributed by atoms with Gasteiger partial charge < -0.3 is 5.32 Å².